The first-order valence-corrected chi connectivity index (χ1v) is 13.6. The van der Waals surface area contributed by atoms with Crippen LogP contribution in [-0.4, -0.2) is 28.0 Å². The average molecular weight is 590 g/mol. The summed E-state index contributed by atoms with van der Waals surface area (Å²) in [6.07, 6.45) is 1.49. The first kappa shape index (κ1) is 30.7. The second-order valence-electron chi connectivity index (χ2n) is 10.9. The molecule has 224 valence electrons. The zero-order valence-corrected chi connectivity index (χ0v) is 23.3. The van der Waals surface area contributed by atoms with E-state index in [1.54, 1.807) is 19.9 Å². The van der Waals surface area contributed by atoms with Crippen molar-refractivity contribution in [3.8, 4) is 11.6 Å². The van der Waals surface area contributed by atoms with Crippen LogP contribution in [0.2, 0.25) is 0 Å². The third-order valence-corrected chi connectivity index (χ3v) is 7.32. The highest BCUT2D eigenvalue weighted by Gasteiger charge is 2.37. The van der Waals surface area contributed by atoms with Gasteiger partial charge in [-0.05, 0) is 63.1 Å². The summed E-state index contributed by atoms with van der Waals surface area (Å²) >= 11 is 0. The fraction of sp³-hybridized carbons (Fsp3) is 0.400. The van der Waals surface area contributed by atoms with E-state index in [2.05, 4.69) is 11.9 Å². The number of aromatic carboxylic acids is 1. The van der Waals surface area contributed by atoms with Gasteiger partial charge in [0.15, 0.2) is 24.0 Å². The van der Waals surface area contributed by atoms with Gasteiger partial charge in [-0.3, -0.25) is 4.79 Å². The van der Waals surface area contributed by atoms with Gasteiger partial charge in [0, 0.05) is 48.3 Å². The number of alkyl halides is 3. The number of amides is 1. The number of hydrogen-bond donors (Lipinski definition) is 1. The quantitative estimate of drug-likeness (QED) is 0.182. The lowest BCUT2D eigenvalue weighted by molar-refractivity contribution is -0.605. The maximum Gasteiger partial charge on any atom is 0.421 e. The van der Waals surface area contributed by atoms with Crippen molar-refractivity contribution in [2.75, 3.05) is 4.90 Å². The minimum Gasteiger partial charge on any atom is -0.619 e. The van der Waals surface area contributed by atoms with Crippen LogP contribution in [0.5, 0.6) is 11.6 Å². The van der Waals surface area contributed by atoms with Crippen LogP contribution in [-0.2, 0) is 17.4 Å². The summed E-state index contributed by atoms with van der Waals surface area (Å²) in [6.45, 7) is 5.44. The number of carbonyl (C=O) groups excluding carboxylic acids is 1. The number of nitrogens with zero attached hydrogens (tertiary/aromatic N) is 3. The van der Waals surface area contributed by atoms with Crippen molar-refractivity contribution in [1.82, 2.24) is 4.98 Å². The zero-order chi connectivity index (χ0) is 30.8. The molecular weight excluding hydrogens is 558 g/mol. The van der Waals surface area contributed by atoms with Gasteiger partial charge in [0.1, 0.15) is 5.56 Å². The molecule has 0 spiro atoms. The van der Waals surface area contributed by atoms with E-state index in [1.807, 2.05) is 0 Å². The number of aromatic nitrogens is 2. The maximum absolute atomic E-state index is 15.4. The molecule has 0 radical (unpaired) electrons. The molecule has 42 heavy (non-hydrogen) atoms. The van der Waals surface area contributed by atoms with Gasteiger partial charge < -0.3 is 20.0 Å². The molecule has 1 aliphatic rings. The molecule has 0 atom stereocenters. The topological polar surface area (TPSA) is 107 Å². The molecule has 1 N–H and O–H groups in total. The molecule has 1 fully saturated rings. The summed E-state index contributed by atoms with van der Waals surface area (Å²) < 4.78 is 63.1. The molecule has 1 amide bonds. The number of ether oxygens (including phenoxy) is 1. The van der Waals surface area contributed by atoms with Crippen LogP contribution in [0.15, 0.2) is 48.9 Å². The van der Waals surface area contributed by atoms with Gasteiger partial charge in [0.2, 0.25) is 11.8 Å². The number of pyridine rings is 2. The van der Waals surface area contributed by atoms with Crippen LogP contribution in [0.25, 0.3) is 0 Å². The van der Waals surface area contributed by atoms with Gasteiger partial charge in [0.05, 0.1) is 11.3 Å². The summed E-state index contributed by atoms with van der Waals surface area (Å²) in [5.74, 6) is -4.65. The van der Waals surface area contributed by atoms with Crippen molar-refractivity contribution in [3.05, 3.63) is 82.2 Å². The molecule has 1 aromatic carbocycles. The lowest BCUT2D eigenvalue weighted by Gasteiger charge is -2.34. The smallest absolute Gasteiger partial charge is 0.421 e. The second kappa shape index (κ2) is 12.3. The Balaban J connectivity index is 1.69. The molecule has 0 bridgehead atoms. The summed E-state index contributed by atoms with van der Waals surface area (Å²) in [7, 11) is 0. The van der Waals surface area contributed by atoms with E-state index in [0.717, 1.165) is 37.2 Å². The van der Waals surface area contributed by atoms with Crippen molar-refractivity contribution in [3.63, 3.8) is 0 Å². The van der Waals surface area contributed by atoms with Crippen molar-refractivity contribution >= 4 is 17.6 Å². The molecule has 0 unspecified atom stereocenters. The normalized spacial score (nSPS) is 17.2. The Morgan fingerprint density at radius 1 is 1.17 bits per heavy atom. The highest BCUT2D eigenvalue weighted by Crippen LogP contribution is 2.40. The standard InChI is InChI=1S/C30H31F4N3O5/c1-17(2)37(28(38)21-8-6-18(3)7-9-21)25-14-24(31)26(13-22(25)29(39)40)42-27-23(30(32,33)34)12-20(15-35-27)11-19-5-4-10-36(41)16-19/h4-5,10,12-18,21H,6-9,11H2,1-3H3,(H,39,40)/t18-,21-. The first-order chi connectivity index (χ1) is 19.7. The van der Waals surface area contributed by atoms with Gasteiger partial charge in [0.25, 0.3) is 0 Å². The molecule has 1 saturated carbocycles. The van der Waals surface area contributed by atoms with E-state index in [4.69, 9.17) is 4.74 Å². The third kappa shape index (κ3) is 6.97. The number of halogens is 4. The van der Waals surface area contributed by atoms with Crippen LogP contribution in [0.3, 0.4) is 0 Å². The summed E-state index contributed by atoms with van der Waals surface area (Å²) in [5.41, 5.74) is -1.46. The molecule has 12 heteroatoms. The highest BCUT2D eigenvalue weighted by atomic mass is 19.4. The summed E-state index contributed by atoms with van der Waals surface area (Å²) in [6, 6.07) is 4.85. The van der Waals surface area contributed by atoms with Gasteiger partial charge in [-0.25, -0.2) is 14.2 Å². The van der Waals surface area contributed by atoms with Gasteiger partial charge in [-0.15, -0.1) is 0 Å². The van der Waals surface area contributed by atoms with E-state index < -0.39 is 46.8 Å². The molecule has 4 rings (SSSR count). The number of anilines is 1. The van der Waals surface area contributed by atoms with Gasteiger partial charge in [-0.1, -0.05) is 6.92 Å². The Morgan fingerprint density at radius 2 is 1.86 bits per heavy atom. The van der Waals surface area contributed by atoms with Gasteiger partial charge in [-0.2, -0.15) is 17.9 Å². The minimum atomic E-state index is -4.95. The van der Waals surface area contributed by atoms with Gasteiger partial charge >= 0.3 is 12.1 Å². The largest absolute Gasteiger partial charge is 0.619 e. The van der Waals surface area contributed by atoms with Crippen LogP contribution < -0.4 is 14.4 Å². The lowest BCUT2D eigenvalue weighted by atomic mass is 9.82. The Bertz CT molecular complexity index is 1470. The SMILES string of the molecule is CC(C)N(c1cc(F)c(Oc2ncc(Cc3ccc[n+]([O-])c3)cc2C(F)(F)F)cc1C(=O)O)C(=O)[C@H]1CC[C@H](C)CC1. The fourth-order valence-electron chi connectivity index (χ4n) is 5.17. The molecule has 2 heterocycles. The van der Waals surface area contributed by atoms with Crippen molar-refractivity contribution in [2.24, 2.45) is 11.8 Å². The van der Waals surface area contributed by atoms with Crippen LogP contribution in [0, 0.1) is 22.9 Å². The van der Waals surface area contributed by atoms with E-state index in [-0.39, 0.29) is 29.5 Å². The number of rotatable bonds is 8. The molecule has 0 saturated heterocycles. The predicted octanol–water partition coefficient (Wildman–Crippen LogP) is 6.52. The van der Waals surface area contributed by atoms with E-state index in [9.17, 15) is 33.1 Å². The molecular formula is C30H31F4N3O5. The Kier molecular flexibility index (Phi) is 9.03. The van der Waals surface area contributed by atoms with E-state index in [0.29, 0.717) is 29.1 Å². The minimum absolute atomic E-state index is 0.0371. The van der Waals surface area contributed by atoms with E-state index in [1.165, 1.54) is 23.4 Å². The third-order valence-electron chi connectivity index (χ3n) is 7.32. The Hall–Kier alpha value is -4.22. The first-order valence-electron chi connectivity index (χ1n) is 13.6. The fourth-order valence-corrected chi connectivity index (χ4v) is 5.17. The number of carbonyl (C=O) groups is 2. The second-order valence-corrected chi connectivity index (χ2v) is 10.9. The zero-order valence-electron chi connectivity index (χ0n) is 23.3. The highest BCUT2D eigenvalue weighted by molar-refractivity contribution is 6.03. The molecule has 8 nitrogen and oxygen atoms in total. The maximum atomic E-state index is 15.4. The Labute approximate surface area is 240 Å². The number of benzene rings is 1. The average Bonchev–Trinajstić information content (AvgIpc) is 2.90. The number of hydrogen-bond acceptors (Lipinski definition) is 5. The van der Waals surface area contributed by atoms with Crippen LogP contribution >= 0.6 is 0 Å². The van der Waals surface area contributed by atoms with Crippen molar-refractivity contribution in [2.45, 2.75) is 65.1 Å². The van der Waals surface area contributed by atoms with Crippen molar-refractivity contribution < 1.29 is 41.7 Å². The predicted molar refractivity (Wildman–Crippen MR) is 145 cm³/mol. The molecule has 1 aliphatic carbocycles. The number of carboxylic acids is 1. The van der Waals surface area contributed by atoms with E-state index >= 15 is 4.39 Å². The molecule has 0 aliphatic heterocycles. The molecule has 3 aromatic rings. The number of carboxylic acid groups (broad SMARTS) is 1. The van der Waals surface area contributed by atoms with Crippen LogP contribution in [0.4, 0.5) is 23.2 Å². The van der Waals surface area contributed by atoms with Crippen molar-refractivity contribution in [1.29, 1.82) is 0 Å². The monoisotopic (exact) mass is 589 g/mol. The lowest BCUT2D eigenvalue weighted by Crippen LogP contribution is -2.43. The summed E-state index contributed by atoms with van der Waals surface area (Å²) in [4.78, 5) is 30.7. The summed E-state index contributed by atoms with van der Waals surface area (Å²) in [5, 5.41) is 21.5. The van der Waals surface area contributed by atoms with Crippen LogP contribution in [0.1, 0.15) is 73.5 Å². The molecule has 2 aromatic heterocycles. The Morgan fingerprint density at radius 3 is 2.45 bits per heavy atom.